The number of carbonyl (C=O) groups is 1. The zero-order valence-corrected chi connectivity index (χ0v) is 12.2. The van der Waals surface area contributed by atoms with Crippen LogP contribution in [0.5, 0.6) is 0 Å². The molecule has 0 fully saturated rings. The van der Waals surface area contributed by atoms with Gasteiger partial charge >= 0.3 is 5.97 Å². The number of esters is 1. The van der Waals surface area contributed by atoms with Gasteiger partial charge in [-0.25, -0.2) is 0 Å². The van der Waals surface area contributed by atoms with Crippen molar-refractivity contribution in [1.82, 2.24) is 4.90 Å². The fourth-order valence-corrected chi connectivity index (χ4v) is 3.19. The van der Waals surface area contributed by atoms with Gasteiger partial charge in [0.15, 0.2) is 0 Å². The van der Waals surface area contributed by atoms with Gasteiger partial charge in [-0.2, -0.15) is 0 Å². The van der Waals surface area contributed by atoms with E-state index in [4.69, 9.17) is 9.73 Å². The largest absolute Gasteiger partial charge is 0.469 e. The molecule has 0 bridgehead atoms. The summed E-state index contributed by atoms with van der Waals surface area (Å²) in [6.07, 6.45) is -0.163. The van der Waals surface area contributed by atoms with Gasteiger partial charge in [-0.15, -0.1) is 11.8 Å². The van der Waals surface area contributed by atoms with Crippen molar-refractivity contribution in [2.75, 3.05) is 27.0 Å². The third kappa shape index (κ3) is 3.16. The molecule has 1 heterocycles. The van der Waals surface area contributed by atoms with Crippen molar-refractivity contribution >= 4 is 22.8 Å². The molecular weight excluding hydrogens is 260 g/mol. The fourth-order valence-electron chi connectivity index (χ4n) is 2.06. The highest BCUT2D eigenvalue weighted by Crippen LogP contribution is 2.28. The zero-order chi connectivity index (χ0) is 13.8. The molecule has 0 unspecified atom stereocenters. The van der Waals surface area contributed by atoms with E-state index in [0.717, 1.165) is 10.6 Å². The Bertz CT molecular complexity index is 474. The number of ether oxygens (including phenoxy) is 1. The first-order valence-electron chi connectivity index (χ1n) is 6.13. The van der Waals surface area contributed by atoms with Crippen LogP contribution in [0.3, 0.4) is 0 Å². The van der Waals surface area contributed by atoms with Crippen LogP contribution < -0.4 is 0 Å². The molecule has 0 N–H and O–H groups in total. The smallest absolute Gasteiger partial charge is 0.313 e. The standard InChI is InChI=1S/C14H18N2O2S/c1-16(2)12-11(14(17)18-3)9-19-13(15-12)10-7-5-4-6-8-10/h4-8,11-12H,9H2,1-3H3/t11-,12-/m1/s1. The number of benzene rings is 1. The van der Waals surface area contributed by atoms with E-state index in [1.807, 2.05) is 49.3 Å². The molecule has 1 aromatic rings. The van der Waals surface area contributed by atoms with E-state index >= 15 is 0 Å². The molecule has 0 saturated heterocycles. The average molecular weight is 278 g/mol. The summed E-state index contributed by atoms with van der Waals surface area (Å²) in [6, 6.07) is 10.1. The van der Waals surface area contributed by atoms with Crippen molar-refractivity contribution < 1.29 is 9.53 Å². The Morgan fingerprint density at radius 3 is 2.63 bits per heavy atom. The van der Waals surface area contributed by atoms with Gasteiger partial charge in [0.05, 0.1) is 12.2 Å². The molecule has 0 aromatic heterocycles. The van der Waals surface area contributed by atoms with E-state index in [0.29, 0.717) is 5.75 Å². The predicted octanol–water partition coefficient (Wildman–Crippen LogP) is 1.86. The number of rotatable bonds is 3. The third-order valence-corrected chi connectivity index (χ3v) is 4.20. The van der Waals surface area contributed by atoms with Crippen LogP contribution in [-0.4, -0.2) is 49.0 Å². The first kappa shape index (κ1) is 14.1. The van der Waals surface area contributed by atoms with Crippen LogP contribution in [0.4, 0.5) is 0 Å². The van der Waals surface area contributed by atoms with Gasteiger partial charge in [0.25, 0.3) is 0 Å². The van der Waals surface area contributed by atoms with Gasteiger partial charge < -0.3 is 4.74 Å². The van der Waals surface area contributed by atoms with Crippen LogP contribution in [-0.2, 0) is 9.53 Å². The minimum atomic E-state index is -0.211. The molecule has 1 aliphatic heterocycles. The topological polar surface area (TPSA) is 41.9 Å². The minimum Gasteiger partial charge on any atom is -0.469 e. The molecule has 0 radical (unpaired) electrons. The number of carbonyl (C=O) groups excluding carboxylic acids is 1. The van der Waals surface area contributed by atoms with Crippen LogP contribution in [0.25, 0.3) is 0 Å². The van der Waals surface area contributed by atoms with Crippen molar-refractivity contribution in [3.63, 3.8) is 0 Å². The van der Waals surface area contributed by atoms with E-state index in [1.54, 1.807) is 11.8 Å². The van der Waals surface area contributed by atoms with Crippen molar-refractivity contribution in [3.8, 4) is 0 Å². The highest BCUT2D eigenvalue weighted by atomic mass is 32.2. The van der Waals surface area contributed by atoms with Gasteiger partial charge in [0.1, 0.15) is 12.1 Å². The monoisotopic (exact) mass is 278 g/mol. The zero-order valence-electron chi connectivity index (χ0n) is 11.4. The highest BCUT2D eigenvalue weighted by Gasteiger charge is 2.34. The van der Waals surface area contributed by atoms with Gasteiger partial charge in [-0.3, -0.25) is 14.7 Å². The van der Waals surface area contributed by atoms with E-state index < -0.39 is 0 Å². The van der Waals surface area contributed by atoms with Crippen molar-refractivity contribution in [2.24, 2.45) is 10.9 Å². The second-order valence-electron chi connectivity index (χ2n) is 4.62. The Balaban J connectivity index is 2.28. The second kappa shape index (κ2) is 6.21. The number of thioether (sulfide) groups is 1. The predicted molar refractivity (Wildman–Crippen MR) is 78.4 cm³/mol. The lowest BCUT2D eigenvalue weighted by molar-refractivity contribution is -0.146. The Kier molecular flexibility index (Phi) is 4.61. The lowest BCUT2D eigenvalue weighted by Crippen LogP contribution is -2.42. The second-order valence-corrected chi connectivity index (χ2v) is 5.63. The molecule has 0 spiro atoms. The molecule has 2 rings (SSSR count). The number of hydrogen-bond acceptors (Lipinski definition) is 5. The summed E-state index contributed by atoms with van der Waals surface area (Å²) in [7, 11) is 5.29. The molecule has 102 valence electrons. The fraction of sp³-hybridized carbons (Fsp3) is 0.429. The van der Waals surface area contributed by atoms with Gasteiger partial charge in [0, 0.05) is 11.3 Å². The molecule has 0 aliphatic carbocycles. The summed E-state index contributed by atoms with van der Waals surface area (Å²) in [5.41, 5.74) is 1.10. The van der Waals surface area contributed by atoms with Crippen molar-refractivity contribution in [3.05, 3.63) is 35.9 Å². The van der Waals surface area contributed by atoms with Crippen LogP contribution in [0.1, 0.15) is 5.56 Å². The lowest BCUT2D eigenvalue weighted by Gasteiger charge is -2.31. The van der Waals surface area contributed by atoms with Crippen LogP contribution in [0.2, 0.25) is 0 Å². The Hall–Kier alpha value is -1.33. The minimum absolute atomic E-state index is 0.163. The first-order chi connectivity index (χ1) is 9.13. The number of nitrogens with zero attached hydrogens (tertiary/aromatic N) is 2. The Labute approximate surface area is 117 Å². The normalized spacial score (nSPS) is 23.1. The Morgan fingerprint density at radius 1 is 1.37 bits per heavy atom. The Morgan fingerprint density at radius 2 is 2.05 bits per heavy atom. The van der Waals surface area contributed by atoms with E-state index in [9.17, 15) is 4.79 Å². The van der Waals surface area contributed by atoms with Crippen LogP contribution in [0.15, 0.2) is 35.3 Å². The third-order valence-electron chi connectivity index (χ3n) is 3.06. The maximum absolute atomic E-state index is 11.8. The molecule has 2 atom stereocenters. The maximum Gasteiger partial charge on any atom is 0.313 e. The van der Waals surface area contributed by atoms with Gasteiger partial charge in [-0.05, 0) is 14.1 Å². The number of methoxy groups -OCH3 is 1. The number of hydrogen-bond donors (Lipinski definition) is 0. The summed E-state index contributed by atoms with van der Waals surface area (Å²) in [5.74, 6) is 0.294. The molecular formula is C14H18N2O2S. The van der Waals surface area contributed by atoms with Crippen LogP contribution in [0, 0.1) is 5.92 Å². The molecule has 0 saturated carbocycles. The maximum atomic E-state index is 11.8. The van der Waals surface area contributed by atoms with E-state index in [2.05, 4.69) is 0 Å². The van der Waals surface area contributed by atoms with E-state index in [-0.39, 0.29) is 18.1 Å². The lowest BCUT2D eigenvalue weighted by atomic mass is 10.1. The van der Waals surface area contributed by atoms with Gasteiger partial charge in [-0.1, -0.05) is 30.3 Å². The quantitative estimate of drug-likeness (QED) is 0.791. The molecule has 1 aromatic carbocycles. The number of aliphatic imine (C=N–C) groups is 1. The molecule has 4 nitrogen and oxygen atoms in total. The molecule has 5 heteroatoms. The van der Waals surface area contributed by atoms with Crippen LogP contribution >= 0.6 is 11.8 Å². The summed E-state index contributed by atoms with van der Waals surface area (Å²) in [6.45, 7) is 0. The highest BCUT2D eigenvalue weighted by molar-refractivity contribution is 8.14. The summed E-state index contributed by atoms with van der Waals surface area (Å²) < 4.78 is 4.86. The molecule has 1 aliphatic rings. The SMILES string of the molecule is COC(=O)[C@@H]1CSC(c2ccccc2)=N[C@@H]1N(C)C. The molecule has 19 heavy (non-hydrogen) atoms. The van der Waals surface area contributed by atoms with E-state index in [1.165, 1.54) is 7.11 Å². The van der Waals surface area contributed by atoms with Crippen molar-refractivity contribution in [2.45, 2.75) is 6.17 Å². The van der Waals surface area contributed by atoms with Crippen molar-refractivity contribution in [1.29, 1.82) is 0 Å². The summed E-state index contributed by atoms with van der Waals surface area (Å²) >= 11 is 1.61. The summed E-state index contributed by atoms with van der Waals surface area (Å²) in [4.78, 5) is 18.5. The summed E-state index contributed by atoms with van der Waals surface area (Å²) in [5, 5.41) is 0.986. The van der Waals surface area contributed by atoms with Gasteiger partial charge in [0.2, 0.25) is 0 Å². The first-order valence-corrected chi connectivity index (χ1v) is 7.12. The molecule has 0 amide bonds. The average Bonchev–Trinajstić information content (AvgIpc) is 2.46.